The third kappa shape index (κ3) is 2.35. The minimum absolute atomic E-state index is 0.765. The summed E-state index contributed by atoms with van der Waals surface area (Å²) in [6.07, 6.45) is 3.99. The summed E-state index contributed by atoms with van der Waals surface area (Å²) in [5, 5.41) is 0.765. The Balaban J connectivity index is 3.12. The van der Waals surface area contributed by atoms with Crippen molar-refractivity contribution in [1.29, 1.82) is 0 Å². The molecule has 11 heavy (non-hydrogen) atoms. The first-order chi connectivity index (χ1) is 5.24. The van der Waals surface area contributed by atoms with Crippen LogP contribution in [0.25, 0.3) is 6.08 Å². The Bertz CT molecular complexity index is 279. The first-order valence-electron chi connectivity index (χ1n) is 3.32. The van der Waals surface area contributed by atoms with Crippen molar-refractivity contribution in [3.05, 3.63) is 39.3 Å². The lowest BCUT2D eigenvalue weighted by Gasteiger charge is -1.97. The van der Waals surface area contributed by atoms with Crippen LogP contribution < -0.4 is 0 Å². The Kier molecular flexibility index (Phi) is 3.16. The van der Waals surface area contributed by atoms with Gasteiger partial charge in [0.05, 0.1) is 0 Å². The molecule has 0 aliphatic heterocycles. The molecule has 0 unspecified atom stereocenters. The van der Waals surface area contributed by atoms with Crippen molar-refractivity contribution in [3.8, 4) is 0 Å². The summed E-state index contributed by atoms with van der Waals surface area (Å²) in [5.74, 6) is 0. The van der Waals surface area contributed by atoms with Gasteiger partial charge in [-0.25, -0.2) is 0 Å². The van der Waals surface area contributed by atoms with E-state index in [0.29, 0.717) is 0 Å². The summed E-state index contributed by atoms with van der Waals surface area (Å²) in [7, 11) is 0. The topological polar surface area (TPSA) is 0 Å². The zero-order valence-electron chi connectivity index (χ0n) is 6.14. The van der Waals surface area contributed by atoms with E-state index in [4.69, 9.17) is 11.6 Å². The Hall–Kier alpha value is -0.270. The van der Waals surface area contributed by atoms with E-state index in [1.807, 2.05) is 37.3 Å². The molecule has 0 spiro atoms. The maximum Gasteiger partial charge on any atom is 0.0412 e. The van der Waals surface area contributed by atoms with Crippen LogP contribution in [-0.4, -0.2) is 0 Å². The third-order valence-corrected chi connectivity index (χ3v) is 2.26. The molecule has 0 heterocycles. The van der Waals surface area contributed by atoms with Gasteiger partial charge >= 0.3 is 0 Å². The van der Waals surface area contributed by atoms with Crippen molar-refractivity contribution in [1.82, 2.24) is 0 Å². The zero-order chi connectivity index (χ0) is 8.27. The molecule has 0 saturated carbocycles. The molecule has 0 fully saturated rings. The Morgan fingerprint density at radius 3 is 2.82 bits per heavy atom. The maximum atomic E-state index is 5.80. The molecule has 0 amide bonds. The summed E-state index contributed by atoms with van der Waals surface area (Å²) < 4.78 is 1.07. The van der Waals surface area contributed by atoms with E-state index in [9.17, 15) is 0 Å². The smallest absolute Gasteiger partial charge is 0.0412 e. The molecule has 2 heteroatoms. The highest BCUT2D eigenvalue weighted by Gasteiger charge is 1.95. The monoisotopic (exact) mass is 230 g/mol. The molecular formula is C9H8BrCl. The Labute approximate surface area is 80.0 Å². The van der Waals surface area contributed by atoms with E-state index in [1.54, 1.807) is 0 Å². The van der Waals surface area contributed by atoms with Crippen molar-refractivity contribution in [2.24, 2.45) is 0 Å². The number of allylic oxidation sites excluding steroid dienone is 1. The molecule has 0 aliphatic rings. The molecule has 0 atom stereocenters. The van der Waals surface area contributed by atoms with Crippen LogP contribution in [0.3, 0.4) is 0 Å². The van der Waals surface area contributed by atoms with Crippen molar-refractivity contribution < 1.29 is 0 Å². The van der Waals surface area contributed by atoms with Gasteiger partial charge in [0, 0.05) is 9.50 Å². The number of hydrogen-bond acceptors (Lipinski definition) is 0. The highest BCUT2D eigenvalue weighted by molar-refractivity contribution is 9.10. The van der Waals surface area contributed by atoms with E-state index < -0.39 is 0 Å². The van der Waals surface area contributed by atoms with Gasteiger partial charge in [0.1, 0.15) is 0 Å². The van der Waals surface area contributed by atoms with E-state index in [2.05, 4.69) is 15.9 Å². The number of halogens is 2. The van der Waals surface area contributed by atoms with Crippen LogP contribution in [0.4, 0.5) is 0 Å². The van der Waals surface area contributed by atoms with Crippen LogP contribution in [-0.2, 0) is 0 Å². The minimum Gasteiger partial charge on any atom is -0.0870 e. The van der Waals surface area contributed by atoms with Crippen LogP contribution >= 0.6 is 27.5 Å². The first-order valence-corrected chi connectivity index (χ1v) is 4.49. The van der Waals surface area contributed by atoms with E-state index >= 15 is 0 Å². The fourth-order valence-electron chi connectivity index (χ4n) is 0.822. The molecule has 1 rings (SSSR count). The second-order valence-electron chi connectivity index (χ2n) is 2.17. The molecule has 1 aromatic carbocycles. The summed E-state index contributed by atoms with van der Waals surface area (Å²) >= 11 is 9.22. The van der Waals surface area contributed by atoms with Gasteiger partial charge in [-0.1, -0.05) is 39.7 Å². The number of rotatable bonds is 1. The summed E-state index contributed by atoms with van der Waals surface area (Å²) in [6.45, 7) is 1.98. The average molecular weight is 232 g/mol. The molecule has 0 radical (unpaired) electrons. The van der Waals surface area contributed by atoms with Gasteiger partial charge in [-0.3, -0.25) is 0 Å². The second kappa shape index (κ2) is 3.93. The molecule has 0 aromatic heterocycles. The van der Waals surface area contributed by atoms with Gasteiger partial charge in [0.2, 0.25) is 0 Å². The summed E-state index contributed by atoms with van der Waals surface area (Å²) in [4.78, 5) is 0. The molecule has 0 N–H and O–H groups in total. The molecule has 0 bridgehead atoms. The normalized spacial score (nSPS) is 10.8. The summed E-state index contributed by atoms with van der Waals surface area (Å²) in [6, 6.07) is 5.72. The molecule has 0 aliphatic carbocycles. The fraction of sp³-hybridized carbons (Fsp3) is 0.111. The standard InChI is InChI=1S/C9H8BrCl/c1-2-3-7-6-8(11)4-5-9(7)10/h2-6H,1H3/b3-2-. The van der Waals surface area contributed by atoms with Crippen molar-refractivity contribution in [3.63, 3.8) is 0 Å². The largest absolute Gasteiger partial charge is 0.0870 e. The SMILES string of the molecule is C/C=C\c1cc(Cl)ccc1Br. The number of benzene rings is 1. The van der Waals surface area contributed by atoms with E-state index in [1.165, 1.54) is 0 Å². The Morgan fingerprint density at radius 2 is 2.18 bits per heavy atom. The van der Waals surface area contributed by atoms with Gasteiger partial charge in [0.15, 0.2) is 0 Å². The van der Waals surface area contributed by atoms with Crippen LogP contribution in [0.5, 0.6) is 0 Å². The van der Waals surface area contributed by atoms with Gasteiger partial charge in [0.25, 0.3) is 0 Å². The highest BCUT2D eigenvalue weighted by atomic mass is 79.9. The van der Waals surface area contributed by atoms with Crippen LogP contribution in [0.1, 0.15) is 12.5 Å². The quantitative estimate of drug-likeness (QED) is 0.681. The van der Waals surface area contributed by atoms with Crippen LogP contribution in [0.15, 0.2) is 28.7 Å². The average Bonchev–Trinajstić information content (AvgIpc) is 1.98. The summed E-state index contributed by atoms with van der Waals surface area (Å²) in [5.41, 5.74) is 1.11. The van der Waals surface area contributed by atoms with Gasteiger partial charge in [-0.15, -0.1) is 0 Å². The lowest BCUT2D eigenvalue weighted by Crippen LogP contribution is -1.74. The van der Waals surface area contributed by atoms with Crippen LogP contribution in [0, 0.1) is 0 Å². The van der Waals surface area contributed by atoms with Gasteiger partial charge in [-0.05, 0) is 30.7 Å². The van der Waals surface area contributed by atoms with Gasteiger partial charge in [-0.2, -0.15) is 0 Å². The van der Waals surface area contributed by atoms with Crippen molar-refractivity contribution >= 4 is 33.6 Å². The lowest BCUT2D eigenvalue weighted by molar-refractivity contribution is 1.59. The number of hydrogen-bond donors (Lipinski definition) is 0. The molecule has 0 saturated heterocycles. The predicted molar refractivity (Wildman–Crippen MR) is 53.9 cm³/mol. The first kappa shape index (κ1) is 8.82. The fourth-order valence-corrected chi connectivity index (χ4v) is 1.38. The third-order valence-electron chi connectivity index (χ3n) is 1.30. The van der Waals surface area contributed by atoms with Crippen molar-refractivity contribution in [2.75, 3.05) is 0 Å². The molecule has 58 valence electrons. The van der Waals surface area contributed by atoms with Crippen LogP contribution in [0.2, 0.25) is 5.02 Å². The van der Waals surface area contributed by atoms with E-state index in [0.717, 1.165) is 15.1 Å². The van der Waals surface area contributed by atoms with E-state index in [-0.39, 0.29) is 0 Å². The predicted octanol–water partition coefficient (Wildman–Crippen LogP) is 4.14. The lowest BCUT2D eigenvalue weighted by atomic mass is 10.2. The minimum atomic E-state index is 0.765. The zero-order valence-corrected chi connectivity index (χ0v) is 8.48. The highest BCUT2D eigenvalue weighted by Crippen LogP contribution is 2.21. The second-order valence-corrected chi connectivity index (χ2v) is 3.46. The molecule has 1 aromatic rings. The van der Waals surface area contributed by atoms with Crippen molar-refractivity contribution in [2.45, 2.75) is 6.92 Å². The molecular weight excluding hydrogens is 223 g/mol. The van der Waals surface area contributed by atoms with Gasteiger partial charge < -0.3 is 0 Å². The molecule has 0 nitrogen and oxygen atoms in total. The Morgan fingerprint density at radius 1 is 1.45 bits per heavy atom. The maximum absolute atomic E-state index is 5.80.